The summed E-state index contributed by atoms with van der Waals surface area (Å²) in [5.41, 5.74) is 6.27. The number of benzene rings is 3. The van der Waals surface area contributed by atoms with Crippen LogP contribution in [0.4, 0.5) is 5.13 Å². The fourth-order valence-electron chi connectivity index (χ4n) is 5.84. The van der Waals surface area contributed by atoms with Gasteiger partial charge in [-0.1, -0.05) is 53.5 Å². The predicted molar refractivity (Wildman–Crippen MR) is 176 cm³/mol. The van der Waals surface area contributed by atoms with Gasteiger partial charge in [-0.15, -0.1) is 11.3 Å². The average molecular weight is 622 g/mol. The topological polar surface area (TPSA) is 40.6 Å². The lowest BCUT2D eigenvalue weighted by Crippen LogP contribution is -2.42. The SMILES string of the molecule is Clc1ccc(CN2CCC(NCCCCOc3ccc(-c4csc(N5CCc6ccccc6C5)n4)cc3)CC2)cc1Cl. The molecule has 42 heavy (non-hydrogen) atoms. The molecule has 0 radical (unpaired) electrons. The second kappa shape index (κ2) is 14.2. The molecule has 0 atom stereocenters. The first-order chi connectivity index (χ1) is 20.6. The van der Waals surface area contributed by atoms with Gasteiger partial charge in [-0.3, -0.25) is 4.90 Å². The number of aromatic nitrogens is 1. The van der Waals surface area contributed by atoms with E-state index in [4.69, 9.17) is 32.9 Å². The van der Waals surface area contributed by atoms with Gasteiger partial charge in [0.25, 0.3) is 0 Å². The van der Waals surface area contributed by atoms with Gasteiger partial charge in [-0.05, 0) is 105 Å². The molecule has 6 rings (SSSR count). The molecule has 1 fully saturated rings. The molecule has 8 heteroatoms. The smallest absolute Gasteiger partial charge is 0.186 e. The van der Waals surface area contributed by atoms with Crippen molar-refractivity contribution in [2.45, 2.75) is 51.2 Å². The van der Waals surface area contributed by atoms with Gasteiger partial charge in [-0.2, -0.15) is 0 Å². The van der Waals surface area contributed by atoms with Gasteiger partial charge in [-0.25, -0.2) is 4.98 Å². The highest BCUT2D eigenvalue weighted by molar-refractivity contribution is 7.14. The van der Waals surface area contributed by atoms with Crippen molar-refractivity contribution < 1.29 is 4.74 Å². The molecule has 0 bridgehead atoms. The van der Waals surface area contributed by atoms with Crippen LogP contribution < -0.4 is 15.0 Å². The Labute approximate surface area is 263 Å². The number of hydrogen-bond acceptors (Lipinski definition) is 6. The maximum absolute atomic E-state index is 6.17. The Kier molecular flexibility index (Phi) is 9.99. The lowest BCUT2D eigenvalue weighted by molar-refractivity contribution is 0.190. The van der Waals surface area contributed by atoms with Crippen LogP contribution in [0.25, 0.3) is 11.3 Å². The van der Waals surface area contributed by atoms with Crippen molar-refractivity contribution in [1.29, 1.82) is 0 Å². The number of ether oxygens (including phenoxy) is 1. The third kappa shape index (κ3) is 7.66. The van der Waals surface area contributed by atoms with E-state index in [1.165, 1.54) is 29.5 Å². The molecule has 4 aromatic rings. The molecule has 1 saturated heterocycles. The summed E-state index contributed by atoms with van der Waals surface area (Å²) in [6.45, 7) is 6.87. The van der Waals surface area contributed by atoms with Crippen LogP contribution in [0.5, 0.6) is 5.75 Å². The zero-order chi connectivity index (χ0) is 28.7. The third-order valence-corrected chi connectivity index (χ3v) is 9.93. The van der Waals surface area contributed by atoms with E-state index in [9.17, 15) is 0 Å². The van der Waals surface area contributed by atoms with E-state index in [1.807, 2.05) is 12.1 Å². The zero-order valence-corrected chi connectivity index (χ0v) is 26.2. The van der Waals surface area contributed by atoms with Crippen molar-refractivity contribution in [1.82, 2.24) is 15.2 Å². The Morgan fingerprint density at radius 1 is 0.905 bits per heavy atom. The van der Waals surface area contributed by atoms with Crippen LogP contribution >= 0.6 is 34.5 Å². The summed E-state index contributed by atoms with van der Waals surface area (Å²) in [5, 5.41) is 8.26. The van der Waals surface area contributed by atoms with Crippen molar-refractivity contribution in [3.8, 4) is 17.0 Å². The van der Waals surface area contributed by atoms with Gasteiger partial charge in [0.05, 0.1) is 22.3 Å². The van der Waals surface area contributed by atoms with E-state index >= 15 is 0 Å². The molecule has 0 amide bonds. The molecule has 2 aliphatic heterocycles. The van der Waals surface area contributed by atoms with E-state index in [-0.39, 0.29) is 0 Å². The van der Waals surface area contributed by atoms with Crippen LogP contribution in [0, 0.1) is 0 Å². The molecule has 220 valence electrons. The molecular weight excluding hydrogens is 583 g/mol. The van der Waals surface area contributed by atoms with E-state index in [1.54, 1.807) is 11.3 Å². The number of likely N-dealkylation sites (tertiary alicyclic amines) is 1. The van der Waals surface area contributed by atoms with Crippen LogP contribution in [0.1, 0.15) is 42.4 Å². The Bertz CT molecular complexity index is 1450. The lowest BCUT2D eigenvalue weighted by atomic mass is 10.0. The van der Waals surface area contributed by atoms with E-state index in [0.717, 1.165) is 87.3 Å². The Balaban J connectivity index is 0.865. The Morgan fingerprint density at radius 3 is 2.52 bits per heavy atom. The molecule has 2 aliphatic rings. The number of hydrogen-bond donors (Lipinski definition) is 1. The summed E-state index contributed by atoms with van der Waals surface area (Å²) in [6.07, 6.45) is 5.59. The maximum Gasteiger partial charge on any atom is 0.186 e. The minimum absolute atomic E-state index is 0.598. The predicted octanol–water partition coefficient (Wildman–Crippen LogP) is 8.09. The second-order valence-corrected chi connectivity index (χ2v) is 12.9. The molecular formula is C34H38Cl2N4OS. The molecule has 3 heterocycles. The van der Waals surface area contributed by atoms with Gasteiger partial charge >= 0.3 is 0 Å². The van der Waals surface area contributed by atoms with Crippen molar-refractivity contribution >= 4 is 39.7 Å². The monoisotopic (exact) mass is 620 g/mol. The minimum atomic E-state index is 0.598. The first-order valence-electron chi connectivity index (χ1n) is 15.0. The van der Waals surface area contributed by atoms with Crippen LogP contribution in [-0.4, -0.2) is 48.7 Å². The molecule has 0 saturated carbocycles. The van der Waals surface area contributed by atoms with Crippen LogP contribution in [0.2, 0.25) is 10.0 Å². The fraction of sp³-hybridized carbons (Fsp3) is 0.382. The van der Waals surface area contributed by atoms with Gasteiger partial charge in [0.2, 0.25) is 0 Å². The van der Waals surface area contributed by atoms with Crippen molar-refractivity contribution in [2.75, 3.05) is 37.7 Å². The molecule has 0 aliphatic carbocycles. The number of halogens is 2. The number of piperidine rings is 1. The summed E-state index contributed by atoms with van der Waals surface area (Å²) < 4.78 is 6.03. The van der Waals surface area contributed by atoms with Crippen molar-refractivity contribution in [3.05, 3.63) is 98.8 Å². The summed E-state index contributed by atoms with van der Waals surface area (Å²) in [7, 11) is 0. The Morgan fingerprint density at radius 2 is 1.71 bits per heavy atom. The second-order valence-electron chi connectivity index (χ2n) is 11.3. The number of rotatable bonds is 11. The highest BCUT2D eigenvalue weighted by Gasteiger charge is 2.20. The summed E-state index contributed by atoms with van der Waals surface area (Å²) in [6, 6.07) is 23.6. The lowest BCUT2D eigenvalue weighted by Gasteiger charge is -2.32. The summed E-state index contributed by atoms with van der Waals surface area (Å²) in [4.78, 5) is 9.85. The molecule has 0 unspecified atom stereocenters. The molecule has 1 N–H and O–H groups in total. The largest absolute Gasteiger partial charge is 0.494 e. The summed E-state index contributed by atoms with van der Waals surface area (Å²) in [5.74, 6) is 0.921. The maximum atomic E-state index is 6.17. The van der Waals surface area contributed by atoms with E-state index < -0.39 is 0 Å². The van der Waals surface area contributed by atoms with Crippen molar-refractivity contribution in [3.63, 3.8) is 0 Å². The van der Waals surface area contributed by atoms with Gasteiger partial charge < -0.3 is 15.0 Å². The van der Waals surface area contributed by atoms with Crippen LogP contribution in [0.3, 0.4) is 0 Å². The van der Waals surface area contributed by atoms with Crippen LogP contribution in [0.15, 0.2) is 72.1 Å². The van der Waals surface area contributed by atoms with Gasteiger partial charge in [0.15, 0.2) is 5.13 Å². The van der Waals surface area contributed by atoms with Gasteiger partial charge in [0, 0.05) is 36.6 Å². The highest BCUT2D eigenvalue weighted by Crippen LogP contribution is 2.31. The minimum Gasteiger partial charge on any atom is -0.494 e. The number of fused-ring (bicyclic) bond motifs is 1. The first-order valence-corrected chi connectivity index (χ1v) is 16.6. The van der Waals surface area contributed by atoms with E-state index in [0.29, 0.717) is 16.1 Å². The number of thiazole rings is 1. The molecule has 5 nitrogen and oxygen atoms in total. The quantitative estimate of drug-likeness (QED) is 0.172. The number of unbranched alkanes of at least 4 members (excludes halogenated alkanes) is 1. The third-order valence-electron chi connectivity index (χ3n) is 8.29. The zero-order valence-electron chi connectivity index (χ0n) is 23.9. The van der Waals surface area contributed by atoms with E-state index in [2.05, 4.69) is 75.1 Å². The number of anilines is 1. The highest BCUT2D eigenvalue weighted by atomic mass is 35.5. The van der Waals surface area contributed by atoms with Gasteiger partial charge in [0.1, 0.15) is 5.75 Å². The fourth-order valence-corrected chi connectivity index (χ4v) is 7.02. The molecule has 1 aromatic heterocycles. The number of nitrogens with zero attached hydrogens (tertiary/aromatic N) is 3. The molecule has 0 spiro atoms. The normalized spacial score (nSPS) is 16.0. The van der Waals surface area contributed by atoms with Crippen LogP contribution in [-0.2, 0) is 19.5 Å². The molecule has 3 aromatic carbocycles. The first kappa shape index (κ1) is 29.5. The average Bonchev–Trinajstić information content (AvgIpc) is 3.52. The van der Waals surface area contributed by atoms with Crippen molar-refractivity contribution in [2.24, 2.45) is 0 Å². The summed E-state index contributed by atoms with van der Waals surface area (Å²) >= 11 is 14.0. The Hall–Kier alpha value is -2.61. The standard InChI is InChI=1S/C34H38Cl2N4OS/c35-31-12-7-25(21-32(31)36)22-39-17-14-29(15-18-39)37-16-3-4-20-41-30-10-8-27(9-11-30)33-24-42-34(38-33)40-19-13-26-5-1-2-6-28(26)23-40/h1-2,5-12,21,24,29,37H,3-4,13-20,22-23H2. The number of nitrogens with one attached hydrogen (secondary N) is 1.